The molecule has 1 saturated heterocycles. The fourth-order valence-electron chi connectivity index (χ4n) is 3.21. The van der Waals surface area contributed by atoms with Crippen molar-refractivity contribution in [1.29, 1.82) is 0 Å². The highest BCUT2D eigenvalue weighted by molar-refractivity contribution is 5.97. The lowest BCUT2D eigenvalue weighted by atomic mass is 9.96. The Labute approximate surface area is 203 Å². The molecule has 0 radical (unpaired) electrons. The van der Waals surface area contributed by atoms with Crippen molar-refractivity contribution in [1.82, 2.24) is 26.6 Å². The summed E-state index contributed by atoms with van der Waals surface area (Å²) in [4.78, 5) is 86.2. The molecule has 0 bridgehead atoms. The number of ether oxygens (including phenoxy) is 1. The molecular formula is C22H35N5O8. The van der Waals surface area contributed by atoms with Gasteiger partial charge in [-0.25, -0.2) is 4.79 Å². The predicted octanol–water partition coefficient (Wildman–Crippen LogP) is -1.95. The lowest BCUT2D eigenvalue weighted by Gasteiger charge is -2.27. The summed E-state index contributed by atoms with van der Waals surface area (Å²) in [6, 6.07) is -5.35. The summed E-state index contributed by atoms with van der Waals surface area (Å²) in [6.45, 7) is 9.76. The minimum atomic E-state index is -1.32. The van der Waals surface area contributed by atoms with Crippen molar-refractivity contribution in [2.45, 2.75) is 91.2 Å². The molecule has 0 unspecified atom stereocenters. The van der Waals surface area contributed by atoms with Crippen LogP contribution in [0, 0.1) is 5.92 Å². The summed E-state index contributed by atoms with van der Waals surface area (Å²) >= 11 is 0. The Morgan fingerprint density at radius 2 is 1.40 bits per heavy atom. The van der Waals surface area contributed by atoms with Gasteiger partial charge in [0.1, 0.15) is 36.3 Å². The molecule has 196 valence electrons. The van der Waals surface area contributed by atoms with Crippen LogP contribution in [-0.2, 0) is 38.3 Å². The number of carbonyl (C=O) groups is 7. The summed E-state index contributed by atoms with van der Waals surface area (Å²) in [7, 11) is 0. The zero-order valence-electron chi connectivity index (χ0n) is 21.0. The molecular weight excluding hydrogens is 462 g/mol. The largest absolute Gasteiger partial charge is 0.458 e. The van der Waals surface area contributed by atoms with Crippen LogP contribution in [-0.4, -0.2) is 77.6 Å². The van der Waals surface area contributed by atoms with Gasteiger partial charge in [0.15, 0.2) is 5.78 Å². The van der Waals surface area contributed by atoms with Crippen LogP contribution in [0.15, 0.2) is 0 Å². The summed E-state index contributed by atoms with van der Waals surface area (Å²) in [5.74, 6) is -5.19. The van der Waals surface area contributed by atoms with Gasteiger partial charge in [-0.05, 0) is 34.6 Å². The topological polar surface area (TPSA) is 189 Å². The zero-order valence-corrected chi connectivity index (χ0v) is 21.0. The van der Waals surface area contributed by atoms with E-state index in [2.05, 4.69) is 26.6 Å². The maximum absolute atomic E-state index is 13.0. The smallest absolute Gasteiger partial charge is 0.328 e. The van der Waals surface area contributed by atoms with Crippen molar-refractivity contribution >= 4 is 41.3 Å². The molecule has 13 nitrogen and oxygen atoms in total. The van der Waals surface area contributed by atoms with Crippen LogP contribution in [0.1, 0.15) is 54.9 Å². The third-order valence-corrected chi connectivity index (χ3v) is 5.40. The third-order valence-electron chi connectivity index (χ3n) is 5.40. The number of esters is 1. The first kappa shape index (κ1) is 29.5. The van der Waals surface area contributed by atoms with Gasteiger partial charge in [-0.15, -0.1) is 0 Å². The first-order valence-corrected chi connectivity index (χ1v) is 11.4. The van der Waals surface area contributed by atoms with E-state index in [-0.39, 0.29) is 6.42 Å². The van der Waals surface area contributed by atoms with Gasteiger partial charge < -0.3 is 31.3 Å². The Hall–Kier alpha value is -3.51. The number of rotatable bonds is 5. The molecule has 1 heterocycles. The predicted molar refractivity (Wildman–Crippen MR) is 122 cm³/mol. The van der Waals surface area contributed by atoms with Gasteiger partial charge in [0.05, 0.1) is 0 Å². The number of nitrogens with one attached hydrogen (secondary N) is 5. The molecule has 13 heteroatoms. The molecule has 0 aromatic rings. The molecule has 0 aromatic heterocycles. The molecule has 1 fully saturated rings. The molecule has 0 aromatic carbocycles. The minimum Gasteiger partial charge on any atom is -0.458 e. The Bertz CT molecular complexity index is 876. The van der Waals surface area contributed by atoms with Crippen LogP contribution >= 0.6 is 0 Å². The van der Waals surface area contributed by atoms with E-state index in [9.17, 15) is 33.6 Å². The van der Waals surface area contributed by atoms with Crippen molar-refractivity contribution in [3.8, 4) is 0 Å². The first-order chi connectivity index (χ1) is 16.1. The maximum atomic E-state index is 13.0. The molecule has 35 heavy (non-hydrogen) atoms. The van der Waals surface area contributed by atoms with E-state index in [1.54, 1.807) is 0 Å². The fourth-order valence-corrected chi connectivity index (χ4v) is 3.21. The monoisotopic (exact) mass is 497 g/mol. The highest BCUT2D eigenvalue weighted by atomic mass is 16.5. The number of carbonyl (C=O) groups excluding carboxylic acids is 7. The van der Waals surface area contributed by atoms with Crippen LogP contribution in [0.25, 0.3) is 0 Å². The van der Waals surface area contributed by atoms with E-state index in [4.69, 9.17) is 4.74 Å². The van der Waals surface area contributed by atoms with Gasteiger partial charge >= 0.3 is 5.97 Å². The Balaban J connectivity index is 3.07. The van der Waals surface area contributed by atoms with E-state index in [0.29, 0.717) is 0 Å². The summed E-state index contributed by atoms with van der Waals surface area (Å²) in [5.41, 5.74) is 0. The van der Waals surface area contributed by atoms with Crippen LogP contribution in [0.2, 0.25) is 0 Å². The highest BCUT2D eigenvalue weighted by Gasteiger charge is 2.35. The van der Waals surface area contributed by atoms with Crippen molar-refractivity contribution in [3.63, 3.8) is 0 Å². The first-order valence-electron chi connectivity index (χ1n) is 11.4. The lowest BCUT2D eigenvalue weighted by Crippen LogP contribution is -2.57. The van der Waals surface area contributed by atoms with Crippen LogP contribution in [0.5, 0.6) is 0 Å². The highest BCUT2D eigenvalue weighted by Crippen LogP contribution is 2.12. The molecule has 0 aliphatic carbocycles. The molecule has 5 amide bonds. The molecule has 1 aliphatic heterocycles. The molecule has 1 rings (SSSR count). The summed E-state index contributed by atoms with van der Waals surface area (Å²) in [6.07, 6.45) is -1.45. The molecule has 0 spiro atoms. The van der Waals surface area contributed by atoms with Crippen molar-refractivity contribution in [2.24, 2.45) is 5.92 Å². The number of hydrogen-bond donors (Lipinski definition) is 5. The SMILES string of the molecule is CC(=O)N[C@@H](C)C(=O)N[C@@H](C)C(=O)N[C@H]1C(=O)C[C@@H](C)C(=O)N[C@@H](C)C(=O)N[C@@H](C)C(=O)O[C@H]1C. The quantitative estimate of drug-likeness (QED) is 0.271. The van der Waals surface area contributed by atoms with Crippen LogP contribution < -0.4 is 26.6 Å². The van der Waals surface area contributed by atoms with Crippen LogP contribution in [0.4, 0.5) is 0 Å². The molecule has 7 atom stereocenters. The van der Waals surface area contributed by atoms with Crippen molar-refractivity contribution < 1.29 is 38.3 Å². The minimum absolute atomic E-state index is 0.303. The van der Waals surface area contributed by atoms with Gasteiger partial charge in [0.2, 0.25) is 29.5 Å². The van der Waals surface area contributed by atoms with Crippen LogP contribution in [0.3, 0.4) is 0 Å². The van der Waals surface area contributed by atoms with Gasteiger partial charge in [-0.1, -0.05) is 6.92 Å². The van der Waals surface area contributed by atoms with Gasteiger partial charge in [-0.2, -0.15) is 0 Å². The Morgan fingerprint density at radius 3 is 1.97 bits per heavy atom. The summed E-state index contributed by atoms with van der Waals surface area (Å²) in [5, 5.41) is 12.2. The number of ketones is 1. The molecule has 0 saturated carbocycles. The van der Waals surface area contributed by atoms with E-state index in [0.717, 1.165) is 0 Å². The average molecular weight is 498 g/mol. The number of amides is 5. The van der Waals surface area contributed by atoms with E-state index in [1.807, 2.05) is 0 Å². The lowest BCUT2D eigenvalue weighted by molar-refractivity contribution is -0.155. The van der Waals surface area contributed by atoms with E-state index >= 15 is 0 Å². The zero-order chi connectivity index (χ0) is 27.0. The Kier molecular flexibility index (Phi) is 10.8. The number of cyclic esters (lactones) is 1. The molecule has 1 aliphatic rings. The number of hydrogen-bond acceptors (Lipinski definition) is 8. The maximum Gasteiger partial charge on any atom is 0.328 e. The van der Waals surface area contributed by atoms with Gasteiger partial charge in [0.25, 0.3) is 0 Å². The van der Waals surface area contributed by atoms with Crippen molar-refractivity contribution in [2.75, 3.05) is 0 Å². The van der Waals surface area contributed by atoms with E-state index < -0.39 is 83.5 Å². The second kappa shape index (κ2) is 12.8. The van der Waals surface area contributed by atoms with Gasteiger partial charge in [-0.3, -0.25) is 28.8 Å². The Morgan fingerprint density at radius 1 is 0.857 bits per heavy atom. The van der Waals surface area contributed by atoms with Crippen molar-refractivity contribution in [3.05, 3.63) is 0 Å². The normalized spacial score (nSPS) is 27.9. The van der Waals surface area contributed by atoms with Gasteiger partial charge in [0, 0.05) is 19.3 Å². The number of Topliss-reactive ketones (excluding diaryl/α,β-unsaturated/α-hetero) is 1. The van der Waals surface area contributed by atoms with E-state index in [1.165, 1.54) is 48.5 Å². The summed E-state index contributed by atoms with van der Waals surface area (Å²) < 4.78 is 5.32. The standard InChI is InChI=1S/C22H35N5O8/c1-9-8-16(29)17(27-21(33)12(4)25-19(31)10(2)23-15(7)28)14(6)35-22(34)13(5)26-20(32)11(3)24-18(9)30/h9-14,17H,8H2,1-7H3,(H,23,28)(H,24,30)(H,25,31)(H,26,32)(H,27,33)/t9-,10+,11+,12+,13+,14+,17-/m1/s1. The fraction of sp³-hybridized carbons (Fsp3) is 0.682. The molecule has 5 N–H and O–H groups in total. The second-order valence-corrected chi connectivity index (χ2v) is 8.81. The average Bonchev–Trinajstić information content (AvgIpc) is 2.75. The third kappa shape index (κ3) is 8.98. The second-order valence-electron chi connectivity index (χ2n) is 8.81.